The molecule has 0 radical (unpaired) electrons. The van der Waals surface area contributed by atoms with Gasteiger partial charge >= 0.3 is 0 Å². The lowest BCUT2D eigenvalue weighted by Crippen LogP contribution is -2.17. The maximum atomic E-state index is 13.0. The van der Waals surface area contributed by atoms with Gasteiger partial charge in [0.1, 0.15) is 5.82 Å². The Morgan fingerprint density at radius 1 is 1.56 bits per heavy atom. The molecule has 0 unspecified atom stereocenters. The number of benzene rings is 1. The van der Waals surface area contributed by atoms with Gasteiger partial charge in [-0.2, -0.15) is 0 Å². The van der Waals surface area contributed by atoms with E-state index in [0.29, 0.717) is 6.54 Å². The second-order valence-corrected chi connectivity index (χ2v) is 5.03. The quantitative estimate of drug-likeness (QED) is 0.625. The molecule has 1 rings (SSSR count). The van der Waals surface area contributed by atoms with Crippen molar-refractivity contribution >= 4 is 28.3 Å². The fraction of sp³-hybridized carbons (Fsp3) is 0.143. The van der Waals surface area contributed by atoms with Gasteiger partial charge in [-0.25, -0.2) is 4.39 Å². The van der Waals surface area contributed by atoms with E-state index in [1.165, 1.54) is 12.1 Å². The van der Waals surface area contributed by atoms with Crippen LogP contribution in [-0.4, -0.2) is 6.54 Å². The average Bonchev–Trinajstić information content (AvgIpc) is 2.28. The van der Waals surface area contributed by atoms with Crippen LogP contribution < -0.4 is 11.1 Å². The van der Waals surface area contributed by atoms with E-state index in [0.717, 1.165) is 26.1 Å². The van der Waals surface area contributed by atoms with Gasteiger partial charge in [0.25, 0.3) is 0 Å². The molecule has 0 saturated carbocycles. The highest BCUT2D eigenvalue weighted by atomic mass is 127. The van der Waals surface area contributed by atoms with Gasteiger partial charge in [-0.05, 0) is 53.3 Å². The molecule has 0 bridgehead atoms. The van der Waals surface area contributed by atoms with Gasteiger partial charge in [-0.3, -0.25) is 0 Å². The van der Waals surface area contributed by atoms with Crippen molar-refractivity contribution in [1.82, 2.24) is 5.32 Å². The molecule has 0 spiro atoms. The van der Waals surface area contributed by atoms with Crippen molar-refractivity contribution in [3.63, 3.8) is 0 Å². The first-order valence-corrected chi connectivity index (χ1v) is 6.49. The Labute approximate surface area is 121 Å². The highest BCUT2D eigenvalue weighted by Crippen LogP contribution is 2.19. The molecule has 18 heavy (non-hydrogen) atoms. The SMILES string of the molecule is C=C/C(CNC(=C)c1ccc(F)cc1I)=C(/C)N. The summed E-state index contributed by atoms with van der Waals surface area (Å²) >= 11 is 2.08. The maximum absolute atomic E-state index is 13.0. The molecule has 0 atom stereocenters. The zero-order chi connectivity index (χ0) is 13.7. The standard InChI is InChI=1S/C14H16FIN2/c1-4-11(9(2)17)8-18-10(3)13-6-5-12(15)7-14(13)16/h4-7,18H,1,3,8,17H2,2H3/b11-9+. The summed E-state index contributed by atoms with van der Waals surface area (Å²) in [6.45, 7) is 10.0. The van der Waals surface area contributed by atoms with E-state index >= 15 is 0 Å². The molecule has 0 aliphatic carbocycles. The fourth-order valence-corrected chi connectivity index (χ4v) is 2.21. The number of allylic oxidation sites excluding steroid dienone is 1. The van der Waals surface area contributed by atoms with Gasteiger partial charge in [-0.15, -0.1) is 0 Å². The van der Waals surface area contributed by atoms with Crippen LogP contribution in [0.2, 0.25) is 0 Å². The van der Waals surface area contributed by atoms with Crippen LogP contribution in [0.4, 0.5) is 4.39 Å². The molecule has 0 aliphatic heterocycles. The van der Waals surface area contributed by atoms with E-state index in [4.69, 9.17) is 5.73 Å². The highest BCUT2D eigenvalue weighted by molar-refractivity contribution is 14.1. The first kappa shape index (κ1) is 14.8. The Morgan fingerprint density at radius 2 is 2.22 bits per heavy atom. The molecule has 0 fully saturated rings. The van der Waals surface area contributed by atoms with E-state index < -0.39 is 0 Å². The predicted molar refractivity (Wildman–Crippen MR) is 83.2 cm³/mol. The van der Waals surface area contributed by atoms with Crippen molar-refractivity contribution in [2.24, 2.45) is 5.73 Å². The molecule has 1 aromatic carbocycles. The molecule has 0 heterocycles. The van der Waals surface area contributed by atoms with Crippen LogP contribution in [0, 0.1) is 9.39 Å². The summed E-state index contributed by atoms with van der Waals surface area (Å²) in [5.41, 5.74) is 8.98. The average molecular weight is 358 g/mol. The van der Waals surface area contributed by atoms with Crippen LogP contribution in [0.25, 0.3) is 5.70 Å². The second-order valence-electron chi connectivity index (χ2n) is 3.87. The van der Waals surface area contributed by atoms with Crippen LogP contribution in [-0.2, 0) is 0 Å². The number of nitrogens with one attached hydrogen (secondary N) is 1. The van der Waals surface area contributed by atoms with Crippen molar-refractivity contribution in [1.29, 1.82) is 0 Å². The fourth-order valence-electron chi connectivity index (χ4n) is 1.40. The summed E-state index contributed by atoms with van der Waals surface area (Å²) in [6, 6.07) is 4.60. The maximum Gasteiger partial charge on any atom is 0.124 e. The first-order valence-electron chi connectivity index (χ1n) is 5.41. The summed E-state index contributed by atoms with van der Waals surface area (Å²) < 4.78 is 13.8. The Balaban J connectivity index is 2.78. The van der Waals surface area contributed by atoms with Gasteiger partial charge in [0.05, 0.1) is 0 Å². The lowest BCUT2D eigenvalue weighted by atomic mass is 10.1. The Hall–Kier alpha value is -1.30. The Bertz CT molecular complexity index is 503. The smallest absolute Gasteiger partial charge is 0.124 e. The summed E-state index contributed by atoms with van der Waals surface area (Å²) in [7, 11) is 0. The largest absolute Gasteiger partial charge is 0.402 e. The third kappa shape index (κ3) is 3.87. The minimum Gasteiger partial charge on any atom is -0.402 e. The monoisotopic (exact) mass is 358 g/mol. The van der Waals surface area contributed by atoms with Crippen molar-refractivity contribution in [3.05, 3.63) is 63.7 Å². The van der Waals surface area contributed by atoms with Gasteiger partial charge in [0.2, 0.25) is 0 Å². The summed E-state index contributed by atoms with van der Waals surface area (Å²) in [5.74, 6) is -0.250. The van der Waals surface area contributed by atoms with Crippen LogP contribution in [0.5, 0.6) is 0 Å². The van der Waals surface area contributed by atoms with Gasteiger partial charge in [-0.1, -0.05) is 19.2 Å². The third-order valence-electron chi connectivity index (χ3n) is 2.50. The van der Waals surface area contributed by atoms with E-state index in [2.05, 4.69) is 41.1 Å². The third-order valence-corrected chi connectivity index (χ3v) is 3.39. The van der Waals surface area contributed by atoms with Crippen molar-refractivity contribution in [2.45, 2.75) is 6.92 Å². The van der Waals surface area contributed by atoms with E-state index in [1.54, 1.807) is 12.1 Å². The Kier molecular flexibility index (Phi) is 5.40. The summed E-state index contributed by atoms with van der Waals surface area (Å²) in [4.78, 5) is 0. The van der Waals surface area contributed by atoms with Gasteiger partial charge in [0, 0.05) is 27.1 Å². The lowest BCUT2D eigenvalue weighted by molar-refractivity contribution is 0.626. The van der Waals surface area contributed by atoms with E-state index in [-0.39, 0.29) is 5.82 Å². The minimum atomic E-state index is -0.250. The first-order chi connectivity index (χ1) is 8.45. The van der Waals surface area contributed by atoms with Crippen LogP contribution in [0.3, 0.4) is 0 Å². The minimum absolute atomic E-state index is 0.250. The van der Waals surface area contributed by atoms with Crippen molar-refractivity contribution in [3.8, 4) is 0 Å². The zero-order valence-electron chi connectivity index (χ0n) is 10.3. The zero-order valence-corrected chi connectivity index (χ0v) is 12.4. The lowest BCUT2D eigenvalue weighted by Gasteiger charge is -2.13. The molecule has 0 aliphatic rings. The van der Waals surface area contributed by atoms with Crippen molar-refractivity contribution < 1.29 is 4.39 Å². The molecule has 0 aromatic heterocycles. The number of hydrogen-bond donors (Lipinski definition) is 2. The van der Waals surface area contributed by atoms with E-state index in [9.17, 15) is 4.39 Å². The predicted octanol–water partition coefficient (Wildman–Crippen LogP) is 3.41. The highest BCUT2D eigenvalue weighted by Gasteiger charge is 2.05. The molecule has 3 N–H and O–H groups in total. The Morgan fingerprint density at radius 3 is 2.72 bits per heavy atom. The van der Waals surface area contributed by atoms with Gasteiger partial charge in [0.15, 0.2) is 0 Å². The number of hydrogen-bond acceptors (Lipinski definition) is 2. The molecule has 0 saturated heterocycles. The van der Waals surface area contributed by atoms with Crippen LogP contribution in [0.15, 0.2) is 48.7 Å². The van der Waals surface area contributed by atoms with Crippen molar-refractivity contribution in [2.75, 3.05) is 6.54 Å². The molecule has 2 nitrogen and oxygen atoms in total. The summed E-state index contributed by atoms with van der Waals surface area (Å²) in [6.07, 6.45) is 1.71. The second kappa shape index (κ2) is 6.58. The number of rotatable bonds is 5. The van der Waals surface area contributed by atoms with Crippen LogP contribution >= 0.6 is 22.6 Å². The molecule has 96 valence electrons. The summed E-state index contributed by atoms with van der Waals surface area (Å²) in [5, 5.41) is 3.16. The molecule has 0 amide bonds. The van der Waals surface area contributed by atoms with Crippen LogP contribution in [0.1, 0.15) is 12.5 Å². The van der Waals surface area contributed by atoms with E-state index in [1.807, 2.05) is 6.92 Å². The topological polar surface area (TPSA) is 38.0 Å². The molecular formula is C14H16FIN2. The normalized spacial score (nSPS) is 11.7. The molecular weight excluding hydrogens is 342 g/mol. The van der Waals surface area contributed by atoms with Gasteiger partial charge < -0.3 is 11.1 Å². The number of nitrogens with two attached hydrogens (primary N) is 1. The molecule has 4 heteroatoms. The number of halogens is 2. The molecule has 1 aromatic rings.